The van der Waals surface area contributed by atoms with Crippen molar-refractivity contribution in [2.45, 2.75) is 12.3 Å². The van der Waals surface area contributed by atoms with E-state index in [1.54, 1.807) is 0 Å². The van der Waals surface area contributed by atoms with Gasteiger partial charge in [0, 0.05) is 11.8 Å². The number of pyridine rings is 1. The quantitative estimate of drug-likeness (QED) is 0.203. The van der Waals surface area contributed by atoms with Gasteiger partial charge in [0.05, 0.1) is 5.39 Å². The minimum absolute atomic E-state index is 0.143. The molecule has 0 bridgehead atoms. The molecule has 10 rings (SSSR count). The zero-order chi connectivity index (χ0) is 32.3. The molecule has 0 aliphatic carbocycles. The van der Waals surface area contributed by atoms with Crippen molar-refractivity contribution in [3.8, 4) is 11.1 Å². The maximum atomic E-state index is 6.17. The molecule has 2 N–H and O–H groups in total. The van der Waals surface area contributed by atoms with E-state index < -0.39 is 0 Å². The van der Waals surface area contributed by atoms with Crippen molar-refractivity contribution in [1.82, 2.24) is 15.6 Å². The Balaban J connectivity index is 1.09. The Hall–Kier alpha value is -6.30. The van der Waals surface area contributed by atoms with Crippen LogP contribution in [0.2, 0.25) is 0 Å². The Morgan fingerprint density at radius 3 is 2.06 bits per heavy atom. The normalized spacial score (nSPS) is 16.4. The summed E-state index contributed by atoms with van der Waals surface area (Å²) < 4.78 is 6.17. The van der Waals surface area contributed by atoms with E-state index in [0.717, 1.165) is 66.5 Å². The van der Waals surface area contributed by atoms with Crippen molar-refractivity contribution in [2.75, 3.05) is 0 Å². The molecule has 0 radical (unpaired) electrons. The maximum absolute atomic E-state index is 6.17. The van der Waals surface area contributed by atoms with Crippen LogP contribution in [0.4, 0.5) is 0 Å². The van der Waals surface area contributed by atoms with Crippen LogP contribution in [-0.4, -0.2) is 10.8 Å². The molecule has 5 nitrogen and oxygen atoms in total. The van der Waals surface area contributed by atoms with Crippen LogP contribution in [0.3, 0.4) is 0 Å². The van der Waals surface area contributed by atoms with Gasteiger partial charge in [0.15, 0.2) is 5.58 Å². The van der Waals surface area contributed by atoms with Gasteiger partial charge in [-0.2, -0.15) is 0 Å². The summed E-state index contributed by atoms with van der Waals surface area (Å²) in [4.78, 5) is 9.98. The second-order valence-electron chi connectivity index (χ2n) is 12.7. The highest BCUT2D eigenvalue weighted by Gasteiger charge is 2.26. The van der Waals surface area contributed by atoms with Crippen molar-refractivity contribution < 1.29 is 4.42 Å². The fourth-order valence-corrected chi connectivity index (χ4v) is 7.34. The van der Waals surface area contributed by atoms with E-state index in [4.69, 9.17) is 9.41 Å². The maximum Gasteiger partial charge on any atom is 0.153 e. The van der Waals surface area contributed by atoms with Gasteiger partial charge < -0.3 is 9.73 Å². The average molecular weight is 631 g/mol. The topological polar surface area (TPSA) is 62.5 Å². The van der Waals surface area contributed by atoms with Gasteiger partial charge in [-0.1, -0.05) is 115 Å². The summed E-state index contributed by atoms with van der Waals surface area (Å²) in [5.74, 6) is 0.856. The van der Waals surface area contributed by atoms with Gasteiger partial charge in [0.25, 0.3) is 0 Å². The Morgan fingerprint density at radius 2 is 1.22 bits per heavy atom. The van der Waals surface area contributed by atoms with Gasteiger partial charge >= 0.3 is 0 Å². The largest absolute Gasteiger partial charge is 0.454 e. The number of benzene rings is 7. The van der Waals surface area contributed by atoms with Crippen LogP contribution < -0.4 is 10.6 Å². The van der Waals surface area contributed by atoms with Gasteiger partial charge in [0.2, 0.25) is 0 Å². The number of aromatic nitrogens is 1. The summed E-state index contributed by atoms with van der Waals surface area (Å²) in [5, 5.41) is 15.8. The zero-order valence-corrected chi connectivity index (χ0v) is 26.5. The number of nitrogens with zero attached hydrogens (tertiary/aromatic N) is 2. The minimum Gasteiger partial charge on any atom is -0.454 e. The lowest BCUT2D eigenvalue weighted by Gasteiger charge is -2.32. The molecular weight excluding hydrogens is 601 g/mol. The first-order chi connectivity index (χ1) is 24.2. The smallest absolute Gasteiger partial charge is 0.153 e. The predicted molar refractivity (Wildman–Crippen MR) is 201 cm³/mol. The van der Waals surface area contributed by atoms with Crippen molar-refractivity contribution in [2.24, 2.45) is 4.99 Å². The standard InChI is InChI=1S/C44H30N4O/c1-3-10-29-24-32(19-17-27(29)8-1)42-46-43(33-20-18-28-9-2-4-11-30(28)25-33)48-44(47-42)34-21-22-35-31(26-34)12-5-13-36(35)37-14-6-15-38-40(37)41-39(49-38)16-7-23-45-41/h1-26,42-43,46H,(H,47,48). The SMILES string of the molecule is c1ccc2cc(C3N=C(c4ccc5c(-c6cccc7oc8cccnc8c67)cccc5c4)NC(c4ccc5ccccc5c4)N3)ccc2c1. The number of aliphatic imine (C=N–C) groups is 1. The Kier molecular flexibility index (Phi) is 6.32. The minimum atomic E-state index is -0.237. The van der Waals surface area contributed by atoms with Gasteiger partial charge in [-0.15, -0.1) is 0 Å². The molecule has 0 amide bonds. The first-order valence-electron chi connectivity index (χ1n) is 16.6. The molecule has 232 valence electrons. The van der Waals surface area contributed by atoms with E-state index in [9.17, 15) is 0 Å². The fourth-order valence-electron chi connectivity index (χ4n) is 7.34. The predicted octanol–water partition coefficient (Wildman–Crippen LogP) is 10.4. The third-order valence-electron chi connectivity index (χ3n) is 9.76. The summed E-state index contributed by atoms with van der Waals surface area (Å²) in [7, 11) is 0. The molecule has 9 aromatic rings. The first-order valence-corrected chi connectivity index (χ1v) is 16.6. The average Bonchev–Trinajstić information content (AvgIpc) is 3.56. The summed E-state index contributed by atoms with van der Waals surface area (Å²) in [6.45, 7) is 0. The van der Waals surface area contributed by atoms with Crippen LogP contribution in [0, 0.1) is 0 Å². The van der Waals surface area contributed by atoms with Crippen LogP contribution >= 0.6 is 0 Å². The van der Waals surface area contributed by atoms with Crippen LogP contribution in [0.15, 0.2) is 167 Å². The van der Waals surface area contributed by atoms with E-state index in [-0.39, 0.29) is 12.3 Å². The number of fused-ring (bicyclic) bond motifs is 6. The van der Waals surface area contributed by atoms with Gasteiger partial charge in [-0.25, -0.2) is 4.99 Å². The molecule has 0 saturated heterocycles. The van der Waals surface area contributed by atoms with E-state index in [1.165, 1.54) is 21.5 Å². The molecule has 2 atom stereocenters. The first kappa shape index (κ1) is 27.8. The van der Waals surface area contributed by atoms with Crippen LogP contribution in [0.25, 0.3) is 65.5 Å². The van der Waals surface area contributed by atoms with E-state index in [2.05, 4.69) is 149 Å². The lowest BCUT2D eigenvalue weighted by Crippen LogP contribution is -2.44. The molecule has 2 unspecified atom stereocenters. The van der Waals surface area contributed by atoms with Gasteiger partial charge in [-0.3, -0.25) is 10.3 Å². The third-order valence-corrected chi connectivity index (χ3v) is 9.76. The summed E-state index contributed by atoms with van der Waals surface area (Å²) in [6.07, 6.45) is 1.45. The number of nitrogens with one attached hydrogen (secondary N) is 2. The number of amidine groups is 1. The second-order valence-corrected chi connectivity index (χ2v) is 12.7. The summed E-state index contributed by atoms with van der Waals surface area (Å²) >= 11 is 0. The van der Waals surface area contributed by atoms with Crippen molar-refractivity contribution in [1.29, 1.82) is 0 Å². The fraction of sp³-hybridized carbons (Fsp3) is 0.0455. The van der Waals surface area contributed by atoms with E-state index in [0.29, 0.717) is 0 Å². The third kappa shape index (κ3) is 4.74. The van der Waals surface area contributed by atoms with Gasteiger partial charge in [0.1, 0.15) is 29.3 Å². The molecule has 49 heavy (non-hydrogen) atoms. The molecule has 0 fully saturated rings. The number of hydrogen-bond donors (Lipinski definition) is 2. The molecule has 1 aliphatic heterocycles. The monoisotopic (exact) mass is 630 g/mol. The van der Waals surface area contributed by atoms with Crippen LogP contribution in [0.1, 0.15) is 29.0 Å². The lowest BCUT2D eigenvalue weighted by atomic mass is 9.94. The summed E-state index contributed by atoms with van der Waals surface area (Å²) in [6, 6.07) is 53.5. The molecule has 0 spiro atoms. The zero-order valence-electron chi connectivity index (χ0n) is 26.5. The Bertz CT molecular complexity index is 2760. The molecule has 2 aromatic heterocycles. The molecular formula is C44H30N4O. The Morgan fingerprint density at radius 1 is 0.531 bits per heavy atom. The van der Waals surface area contributed by atoms with E-state index >= 15 is 0 Å². The highest BCUT2D eigenvalue weighted by atomic mass is 16.3. The summed E-state index contributed by atoms with van der Waals surface area (Å²) in [5.41, 5.74) is 8.10. The second kappa shape index (κ2) is 11.2. The number of rotatable bonds is 4. The molecule has 3 heterocycles. The Labute approximate surface area is 282 Å². The van der Waals surface area contributed by atoms with Crippen molar-refractivity contribution in [3.05, 3.63) is 175 Å². The molecule has 7 aromatic carbocycles. The molecule has 5 heteroatoms. The van der Waals surface area contributed by atoms with Crippen molar-refractivity contribution in [3.63, 3.8) is 0 Å². The molecule has 1 aliphatic rings. The highest BCUT2D eigenvalue weighted by molar-refractivity contribution is 6.14. The number of hydrogen-bond acceptors (Lipinski definition) is 5. The van der Waals surface area contributed by atoms with Crippen molar-refractivity contribution >= 4 is 60.2 Å². The van der Waals surface area contributed by atoms with E-state index in [1.807, 2.05) is 24.4 Å². The highest BCUT2D eigenvalue weighted by Crippen LogP contribution is 2.39. The molecule has 0 saturated carbocycles. The van der Waals surface area contributed by atoms with Crippen LogP contribution in [-0.2, 0) is 0 Å². The number of furan rings is 1. The van der Waals surface area contributed by atoms with Crippen LogP contribution in [0.5, 0.6) is 0 Å². The lowest BCUT2D eigenvalue weighted by molar-refractivity contribution is 0.409. The van der Waals surface area contributed by atoms with Gasteiger partial charge in [-0.05, 0) is 91.0 Å².